The van der Waals surface area contributed by atoms with Crippen LogP contribution in [-0.2, 0) is 0 Å². The van der Waals surface area contributed by atoms with E-state index in [0.29, 0.717) is 24.7 Å². The normalized spacial score (nSPS) is 21.0. The van der Waals surface area contributed by atoms with Gasteiger partial charge in [0.1, 0.15) is 17.3 Å². The van der Waals surface area contributed by atoms with Gasteiger partial charge in [0.25, 0.3) is 0 Å². The number of nitrogens with two attached hydrogens (primary N) is 1. The lowest BCUT2D eigenvalue weighted by Gasteiger charge is -2.33. The second-order valence-corrected chi connectivity index (χ2v) is 5.32. The number of benzene rings is 1. The summed E-state index contributed by atoms with van der Waals surface area (Å²) in [6, 6.07) is 7.06. The van der Waals surface area contributed by atoms with Crippen LogP contribution in [0.2, 0.25) is 0 Å². The van der Waals surface area contributed by atoms with Crippen molar-refractivity contribution in [1.82, 2.24) is 0 Å². The molecule has 0 saturated heterocycles. The van der Waals surface area contributed by atoms with Crippen LogP contribution in [0.15, 0.2) is 18.2 Å². The zero-order valence-corrected chi connectivity index (χ0v) is 12.2. The minimum Gasteiger partial charge on any atom is -0.363 e. The summed E-state index contributed by atoms with van der Waals surface area (Å²) in [5.41, 5.74) is 6.39. The number of anilines is 1. The van der Waals surface area contributed by atoms with E-state index in [1.54, 1.807) is 12.1 Å². The zero-order valence-electron chi connectivity index (χ0n) is 12.2. The van der Waals surface area contributed by atoms with Crippen molar-refractivity contribution in [3.8, 4) is 6.07 Å². The zero-order chi connectivity index (χ0) is 15.4. The van der Waals surface area contributed by atoms with Gasteiger partial charge in [-0.1, -0.05) is 12.5 Å². The van der Waals surface area contributed by atoms with Gasteiger partial charge in [-0.15, -0.1) is 0 Å². The van der Waals surface area contributed by atoms with Crippen molar-refractivity contribution in [1.29, 1.82) is 5.26 Å². The summed E-state index contributed by atoms with van der Waals surface area (Å²) >= 11 is 0. The molecule has 1 fully saturated rings. The second-order valence-electron chi connectivity index (χ2n) is 5.32. The van der Waals surface area contributed by atoms with E-state index in [4.69, 9.17) is 11.0 Å². The van der Waals surface area contributed by atoms with Crippen LogP contribution in [0.5, 0.6) is 0 Å². The van der Waals surface area contributed by atoms with Gasteiger partial charge in [0.2, 0.25) is 0 Å². The molecule has 0 aliphatic heterocycles. The van der Waals surface area contributed by atoms with Gasteiger partial charge in [-0.05, 0) is 44.4 Å². The van der Waals surface area contributed by atoms with Crippen molar-refractivity contribution in [2.75, 3.05) is 18.0 Å². The van der Waals surface area contributed by atoms with Gasteiger partial charge in [0, 0.05) is 12.6 Å². The molecule has 2 rings (SSSR count). The molecule has 1 aromatic rings. The highest BCUT2D eigenvalue weighted by Crippen LogP contribution is 2.38. The quantitative estimate of drug-likeness (QED) is 0.663. The molecule has 21 heavy (non-hydrogen) atoms. The third kappa shape index (κ3) is 2.83. The molecule has 0 radical (unpaired) electrons. The lowest BCUT2D eigenvalue weighted by Crippen LogP contribution is -2.40. The van der Waals surface area contributed by atoms with Crippen molar-refractivity contribution in [3.63, 3.8) is 0 Å². The number of nitro groups is 1. The first-order valence-electron chi connectivity index (χ1n) is 7.28. The van der Waals surface area contributed by atoms with Gasteiger partial charge in [0.05, 0.1) is 4.92 Å². The predicted octanol–water partition coefficient (Wildman–Crippen LogP) is 2.42. The fourth-order valence-corrected chi connectivity index (χ4v) is 3.33. The molecule has 6 heteroatoms. The SMILES string of the molecule is CCN(c1cccc(C#N)c1[N+](=O)[O-])C1CCCC1CN. The first-order valence-corrected chi connectivity index (χ1v) is 7.28. The number of nitrogens with zero attached hydrogens (tertiary/aromatic N) is 3. The van der Waals surface area contributed by atoms with Crippen molar-refractivity contribution in [2.24, 2.45) is 11.7 Å². The summed E-state index contributed by atoms with van der Waals surface area (Å²) in [6.45, 7) is 3.23. The smallest absolute Gasteiger partial charge is 0.310 e. The summed E-state index contributed by atoms with van der Waals surface area (Å²) in [7, 11) is 0. The maximum atomic E-state index is 11.4. The van der Waals surface area contributed by atoms with Crippen LogP contribution in [0.4, 0.5) is 11.4 Å². The Kier molecular flexibility index (Phi) is 4.76. The van der Waals surface area contributed by atoms with Crippen LogP contribution >= 0.6 is 0 Å². The molecule has 1 aliphatic carbocycles. The third-order valence-electron chi connectivity index (χ3n) is 4.29. The number of nitro benzene ring substituents is 1. The average Bonchev–Trinajstić information content (AvgIpc) is 2.95. The highest BCUT2D eigenvalue weighted by molar-refractivity contribution is 5.70. The lowest BCUT2D eigenvalue weighted by atomic mass is 10.0. The maximum Gasteiger partial charge on any atom is 0.310 e. The van der Waals surface area contributed by atoms with E-state index in [9.17, 15) is 10.1 Å². The Morgan fingerprint density at radius 3 is 2.86 bits per heavy atom. The summed E-state index contributed by atoms with van der Waals surface area (Å²) < 4.78 is 0. The first kappa shape index (κ1) is 15.3. The maximum absolute atomic E-state index is 11.4. The molecule has 112 valence electrons. The summed E-state index contributed by atoms with van der Waals surface area (Å²) in [6.07, 6.45) is 3.14. The number of hydrogen-bond donors (Lipinski definition) is 1. The van der Waals surface area contributed by atoms with Crippen LogP contribution in [-0.4, -0.2) is 24.1 Å². The Morgan fingerprint density at radius 2 is 2.29 bits per heavy atom. The molecule has 2 N–H and O–H groups in total. The predicted molar refractivity (Wildman–Crippen MR) is 81.0 cm³/mol. The van der Waals surface area contributed by atoms with Crippen molar-refractivity contribution in [2.45, 2.75) is 32.2 Å². The number of hydrogen-bond acceptors (Lipinski definition) is 5. The highest BCUT2D eigenvalue weighted by atomic mass is 16.6. The third-order valence-corrected chi connectivity index (χ3v) is 4.29. The molecular weight excluding hydrogens is 268 g/mol. The van der Waals surface area contributed by atoms with E-state index < -0.39 is 4.92 Å². The van der Waals surface area contributed by atoms with Crippen molar-refractivity contribution >= 4 is 11.4 Å². The van der Waals surface area contributed by atoms with Crippen LogP contribution in [0.25, 0.3) is 0 Å². The number of nitriles is 1. The van der Waals surface area contributed by atoms with E-state index in [1.165, 1.54) is 6.07 Å². The minimum atomic E-state index is -0.455. The Balaban J connectivity index is 2.48. The molecule has 6 nitrogen and oxygen atoms in total. The number of rotatable bonds is 5. The van der Waals surface area contributed by atoms with Crippen molar-refractivity contribution in [3.05, 3.63) is 33.9 Å². The Hall–Kier alpha value is -2.13. The van der Waals surface area contributed by atoms with E-state index in [-0.39, 0.29) is 17.3 Å². The largest absolute Gasteiger partial charge is 0.363 e. The van der Waals surface area contributed by atoms with E-state index in [1.807, 2.05) is 17.9 Å². The fraction of sp³-hybridized carbons (Fsp3) is 0.533. The van der Waals surface area contributed by atoms with Gasteiger partial charge < -0.3 is 10.6 Å². The molecule has 0 bridgehead atoms. The molecular formula is C15H20N4O2. The molecule has 2 unspecified atom stereocenters. The molecule has 1 aliphatic rings. The average molecular weight is 288 g/mol. The monoisotopic (exact) mass is 288 g/mol. The molecule has 1 aromatic carbocycles. The standard InChI is InChI=1S/C15H20N4O2/c1-2-18(13-7-3-5-11(13)9-16)14-8-4-6-12(10-17)15(14)19(20)21/h4,6,8,11,13H,2-3,5,7,9,16H2,1H3. The van der Waals surface area contributed by atoms with Crippen LogP contribution in [0.3, 0.4) is 0 Å². The van der Waals surface area contributed by atoms with Gasteiger partial charge in [0.15, 0.2) is 0 Å². The van der Waals surface area contributed by atoms with Crippen LogP contribution in [0.1, 0.15) is 31.7 Å². The number of para-hydroxylation sites is 1. The second kappa shape index (κ2) is 6.55. The van der Waals surface area contributed by atoms with Crippen LogP contribution < -0.4 is 10.6 Å². The molecule has 0 heterocycles. The summed E-state index contributed by atoms with van der Waals surface area (Å²) in [5, 5.41) is 20.5. The molecule has 0 spiro atoms. The van der Waals surface area contributed by atoms with Gasteiger partial charge in [-0.3, -0.25) is 10.1 Å². The minimum absolute atomic E-state index is 0.0930. The van der Waals surface area contributed by atoms with Gasteiger partial charge in [-0.25, -0.2) is 0 Å². The lowest BCUT2D eigenvalue weighted by molar-refractivity contribution is -0.384. The van der Waals surface area contributed by atoms with E-state index >= 15 is 0 Å². The fourth-order valence-electron chi connectivity index (χ4n) is 3.33. The van der Waals surface area contributed by atoms with E-state index in [0.717, 1.165) is 19.3 Å². The molecule has 0 aromatic heterocycles. The Bertz CT molecular complexity index is 567. The first-order chi connectivity index (χ1) is 10.1. The van der Waals surface area contributed by atoms with Gasteiger partial charge >= 0.3 is 5.69 Å². The molecule has 2 atom stereocenters. The summed E-state index contributed by atoms with van der Waals surface area (Å²) in [5.74, 6) is 0.357. The summed E-state index contributed by atoms with van der Waals surface area (Å²) in [4.78, 5) is 13.0. The van der Waals surface area contributed by atoms with Gasteiger partial charge in [-0.2, -0.15) is 5.26 Å². The van der Waals surface area contributed by atoms with Crippen LogP contribution in [0, 0.1) is 27.4 Å². The molecule has 1 saturated carbocycles. The Morgan fingerprint density at radius 1 is 1.52 bits per heavy atom. The van der Waals surface area contributed by atoms with E-state index in [2.05, 4.69) is 0 Å². The Labute approximate surface area is 124 Å². The van der Waals surface area contributed by atoms with Crippen molar-refractivity contribution < 1.29 is 4.92 Å². The molecule has 0 amide bonds. The highest BCUT2D eigenvalue weighted by Gasteiger charge is 2.34. The topological polar surface area (TPSA) is 96.2 Å².